The lowest BCUT2D eigenvalue weighted by molar-refractivity contribution is 0.351. The molecule has 0 spiro atoms. The molecule has 0 aliphatic carbocycles. The largest absolute Gasteiger partial charge is 0.488 e. The summed E-state index contributed by atoms with van der Waals surface area (Å²) in [6.07, 6.45) is 9.10. The molecule has 1 aliphatic heterocycles. The van der Waals surface area contributed by atoms with Crippen molar-refractivity contribution in [1.82, 2.24) is 4.98 Å². The van der Waals surface area contributed by atoms with Crippen LogP contribution in [0.4, 0.5) is 0 Å². The normalized spacial score (nSPS) is 13.2. The van der Waals surface area contributed by atoms with Crippen molar-refractivity contribution in [3.8, 4) is 11.8 Å². The van der Waals surface area contributed by atoms with E-state index in [0.29, 0.717) is 17.2 Å². The third kappa shape index (κ3) is 2.96. The number of hydrogen-bond acceptors (Lipinski definition) is 3. The molecule has 0 N–H and O–H groups in total. The first-order chi connectivity index (χ1) is 10.3. The highest BCUT2D eigenvalue weighted by molar-refractivity contribution is 6.30. The minimum Gasteiger partial charge on any atom is -0.488 e. The van der Waals surface area contributed by atoms with E-state index >= 15 is 0 Å². The number of rotatable bonds is 2. The van der Waals surface area contributed by atoms with E-state index in [1.54, 1.807) is 12.4 Å². The highest BCUT2D eigenvalue weighted by Gasteiger charge is 2.10. The van der Waals surface area contributed by atoms with Crippen LogP contribution in [0.3, 0.4) is 0 Å². The quantitative estimate of drug-likeness (QED) is 0.838. The molecule has 0 atom stereocenters. The Labute approximate surface area is 127 Å². The Morgan fingerprint density at radius 3 is 3.05 bits per heavy atom. The number of nitriles is 1. The van der Waals surface area contributed by atoms with Gasteiger partial charge in [0.1, 0.15) is 18.4 Å². The second-order valence-corrected chi connectivity index (χ2v) is 5.03. The van der Waals surface area contributed by atoms with Crippen LogP contribution in [-0.2, 0) is 0 Å². The molecule has 1 aromatic heterocycles. The second-order valence-electron chi connectivity index (χ2n) is 4.60. The third-order valence-electron chi connectivity index (χ3n) is 3.16. The number of hydrogen-bond donors (Lipinski definition) is 0. The lowest BCUT2D eigenvalue weighted by Crippen LogP contribution is -2.05. The Balaban J connectivity index is 1.89. The number of nitrogens with zero attached hydrogens (tertiary/aromatic N) is 2. The predicted octanol–water partition coefficient (Wildman–Crippen LogP) is 4.10. The number of pyridine rings is 1. The number of aromatic nitrogens is 1. The van der Waals surface area contributed by atoms with E-state index in [-0.39, 0.29) is 0 Å². The van der Waals surface area contributed by atoms with Gasteiger partial charge in [-0.15, -0.1) is 0 Å². The summed E-state index contributed by atoms with van der Waals surface area (Å²) in [6.45, 7) is 0.498. The minimum atomic E-state index is 0.498. The monoisotopic (exact) mass is 294 g/mol. The van der Waals surface area contributed by atoms with Gasteiger partial charge in [0, 0.05) is 23.0 Å². The molecule has 0 amide bonds. The standard InChI is InChI=1S/C17H11ClN2O/c18-16-3-4-17-14(8-16)7-12(11-21-17)1-2-13-5-6-20-10-15(13)9-19/h1-8,10H,11H2/b2-1+. The lowest BCUT2D eigenvalue weighted by Gasteiger charge is -2.16. The Morgan fingerprint density at radius 1 is 1.29 bits per heavy atom. The summed E-state index contributed by atoms with van der Waals surface area (Å²) in [5, 5.41) is 9.72. The smallest absolute Gasteiger partial charge is 0.127 e. The molecule has 4 heteroatoms. The molecule has 2 heterocycles. The van der Waals surface area contributed by atoms with Gasteiger partial charge in [-0.05, 0) is 41.5 Å². The van der Waals surface area contributed by atoms with E-state index in [4.69, 9.17) is 21.6 Å². The van der Waals surface area contributed by atoms with Crippen molar-refractivity contribution in [2.45, 2.75) is 0 Å². The molecule has 0 saturated carbocycles. The van der Waals surface area contributed by atoms with Gasteiger partial charge in [-0.3, -0.25) is 4.98 Å². The molecule has 0 unspecified atom stereocenters. The summed E-state index contributed by atoms with van der Waals surface area (Å²) in [4.78, 5) is 3.94. The van der Waals surface area contributed by atoms with Crippen molar-refractivity contribution in [3.05, 3.63) is 70.0 Å². The molecule has 0 saturated heterocycles. The van der Waals surface area contributed by atoms with E-state index in [0.717, 1.165) is 22.4 Å². The maximum atomic E-state index is 9.04. The van der Waals surface area contributed by atoms with Gasteiger partial charge >= 0.3 is 0 Å². The highest BCUT2D eigenvalue weighted by Crippen LogP contribution is 2.29. The molecule has 3 nitrogen and oxygen atoms in total. The van der Waals surface area contributed by atoms with E-state index in [2.05, 4.69) is 11.1 Å². The van der Waals surface area contributed by atoms with Crippen LogP contribution >= 0.6 is 11.6 Å². The van der Waals surface area contributed by atoms with Gasteiger partial charge in [-0.25, -0.2) is 0 Å². The predicted molar refractivity (Wildman–Crippen MR) is 82.9 cm³/mol. The number of benzene rings is 1. The van der Waals surface area contributed by atoms with Crippen LogP contribution in [0.1, 0.15) is 16.7 Å². The van der Waals surface area contributed by atoms with Crippen molar-refractivity contribution in [3.63, 3.8) is 0 Å². The zero-order chi connectivity index (χ0) is 14.7. The van der Waals surface area contributed by atoms with Crippen LogP contribution < -0.4 is 4.74 Å². The number of halogens is 1. The van der Waals surface area contributed by atoms with E-state index in [1.165, 1.54) is 0 Å². The fraction of sp³-hybridized carbons (Fsp3) is 0.0588. The molecule has 3 rings (SSSR count). The molecular weight excluding hydrogens is 284 g/mol. The van der Waals surface area contributed by atoms with Crippen molar-refractivity contribution < 1.29 is 4.74 Å². The summed E-state index contributed by atoms with van der Waals surface area (Å²) in [7, 11) is 0. The molecule has 102 valence electrons. The van der Waals surface area contributed by atoms with Crippen LogP contribution in [0, 0.1) is 11.3 Å². The zero-order valence-corrected chi connectivity index (χ0v) is 11.8. The molecule has 0 radical (unpaired) electrons. The molecule has 0 bridgehead atoms. The van der Waals surface area contributed by atoms with Gasteiger partial charge in [0.15, 0.2) is 0 Å². The number of fused-ring (bicyclic) bond motifs is 1. The summed E-state index contributed by atoms with van der Waals surface area (Å²) in [5.41, 5.74) is 3.37. The SMILES string of the molecule is N#Cc1cnccc1/C=C/C1=Cc2cc(Cl)ccc2OC1. The fourth-order valence-electron chi connectivity index (χ4n) is 2.10. The maximum Gasteiger partial charge on any atom is 0.127 e. The van der Waals surface area contributed by atoms with Gasteiger partial charge < -0.3 is 4.74 Å². The summed E-state index contributed by atoms with van der Waals surface area (Å²) >= 11 is 5.99. The molecule has 1 aromatic carbocycles. The Hall–Kier alpha value is -2.57. The fourth-order valence-corrected chi connectivity index (χ4v) is 2.28. The van der Waals surface area contributed by atoms with Gasteiger partial charge in [0.25, 0.3) is 0 Å². The first-order valence-electron chi connectivity index (χ1n) is 6.41. The van der Waals surface area contributed by atoms with Crippen molar-refractivity contribution in [2.75, 3.05) is 6.61 Å². The average molecular weight is 295 g/mol. The van der Waals surface area contributed by atoms with Crippen molar-refractivity contribution in [1.29, 1.82) is 5.26 Å². The Kier molecular flexibility index (Phi) is 3.72. The Morgan fingerprint density at radius 2 is 2.19 bits per heavy atom. The Bertz CT molecular complexity index is 788. The van der Waals surface area contributed by atoms with E-state index in [1.807, 2.05) is 42.5 Å². The first-order valence-corrected chi connectivity index (χ1v) is 6.79. The summed E-state index contributed by atoms with van der Waals surface area (Å²) in [5.74, 6) is 0.832. The van der Waals surface area contributed by atoms with E-state index in [9.17, 15) is 0 Å². The molecular formula is C17H11ClN2O. The molecule has 21 heavy (non-hydrogen) atoms. The molecule has 0 fully saturated rings. The van der Waals surface area contributed by atoms with Crippen LogP contribution in [0.2, 0.25) is 5.02 Å². The van der Waals surface area contributed by atoms with Gasteiger partial charge in [0.2, 0.25) is 0 Å². The van der Waals surface area contributed by atoms with Crippen molar-refractivity contribution in [2.24, 2.45) is 0 Å². The van der Waals surface area contributed by atoms with Crippen LogP contribution in [-0.4, -0.2) is 11.6 Å². The molecule has 1 aliphatic rings. The zero-order valence-electron chi connectivity index (χ0n) is 11.1. The third-order valence-corrected chi connectivity index (χ3v) is 3.39. The number of ether oxygens (including phenoxy) is 1. The summed E-state index contributed by atoms with van der Waals surface area (Å²) in [6, 6.07) is 9.48. The molecule has 2 aromatic rings. The maximum absolute atomic E-state index is 9.04. The highest BCUT2D eigenvalue weighted by atomic mass is 35.5. The lowest BCUT2D eigenvalue weighted by atomic mass is 10.1. The topological polar surface area (TPSA) is 45.9 Å². The minimum absolute atomic E-state index is 0.498. The van der Waals surface area contributed by atoms with Gasteiger partial charge in [0.05, 0.1) is 5.56 Å². The van der Waals surface area contributed by atoms with Crippen LogP contribution in [0.25, 0.3) is 12.2 Å². The summed E-state index contributed by atoms with van der Waals surface area (Å²) < 4.78 is 5.68. The van der Waals surface area contributed by atoms with Crippen LogP contribution in [0.5, 0.6) is 5.75 Å². The second kappa shape index (κ2) is 5.82. The average Bonchev–Trinajstić information content (AvgIpc) is 2.52. The first kappa shape index (κ1) is 13.4. The van der Waals surface area contributed by atoms with Gasteiger partial charge in [-0.2, -0.15) is 5.26 Å². The van der Waals surface area contributed by atoms with Crippen LogP contribution in [0.15, 0.2) is 48.3 Å². The van der Waals surface area contributed by atoms with E-state index < -0.39 is 0 Å². The van der Waals surface area contributed by atoms with Gasteiger partial charge in [-0.1, -0.05) is 23.8 Å². The van der Waals surface area contributed by atoms with Crippen molar-refractivity contribution >= 4 is 23.8 Å².